The normalized spacial score (nSPS) is 11.8. The number of carbonyl (C=O) groups excluding carboxylic acids is 2. The summed E-state index contributed by atoms with van der Waals surface area (Å²) in [6, 6.07) is 17.5. The number of rotatable bonds is 7. The molecule has 0 fully saturated rings. The van der Waals surface area contributed by atoms with E-state index >= 15 is 0 Å². The Morgan fingerprint density at radius 1 is 0.846 bits per heavy atom. The van der Waals surface area contributed by atoms with Crippen LogP contribution < -0.4 is 12.4 Å². The Hall–Kier alpha value is -2.37. The number of likely N-dealkylation sites (N-methyl/N-ethyl adjacent to an activating group) is 1. The van der Waals surface area contributed by atoms with E-state index in [1.54, 1.807) is 48.5 Å². The van der Waals surface area contributed by atoms with Crippen LogP contribution in [0, 0.1) is 0 Å². The third-order valence-corrected chi connectivity index (χ3v) is 3.44. The van der Waals surface area contributed by atoms with Crippen molar-refractivity contribution in [2.75, 3.05) is 34.3 Å². The van der Waals surface area contributed by atoms with Crippen LogP contribution in [0.1, 0.15) is 20.7 Å². The fourth-order valence-corrected chi connectivity index (χ4v) is 2.35. The first-order valence-electron chi connectivity index (χ1n) is 8.14. The second-order valence-corrected chi connectivity index (χ2v) is 6.83. The molecule has 0 aromatic heterocycles. The summed E-state index contributed by atoms with van der Waals surface area (Å²) in [6.45, 7) is 0.544. The Bertz CT molecular complexity index is 699. The molecule has 0 aliphatic heterocycles. The monoisotopic (exact) mass is 377 g/mol. The highest BCUT2D eigenvalue weighted by atomic mass is 35.5. The second-order valence-electron chi connectivity index (χ2n) is 6.83. The molecule has 2 rings (SSSR count). The van der Waals surface area contributed by atoms with Crippen molar-refractivity contribution in [3.8, 4) is 0 Å². The van der Waals surface area contributed by atoms with E-state index in [2.05, 4.69) is 0 Å². The van der Waals surface area contributed by atoms with Crippen molar-refractivity contribution in [2.45, 2.75) is 6.10 Å². The van der Waals surface area contributed by atoms with Gasteiger partial charge in [-0.25, -0.2) is 9.59 Å². The third-order valence-electron chi connectivity index (χ3n) is 3.44. The van der Waals surface area contributed by atoms with E-state index in [-0.39, 0.29) is 19.0 Å². The Labute approximate surface area is 160 Å². The van der Waals surface area contributed by atoms with Gasteiger partial charge in [-0.3, -0.25) is 0 Å². The number of esters is 2. The lowest BCUT2D eigenvalue weighted by Crippen LogP contribution is -3.00. The van der Waals surface area contributed by atoms with Crippen LogP contribution in [0.15, 0.2) is 60.7 Å². The Balaban J connectivity index is 0.00000338. The second kappa shape index (κ2) is 9.94. The highest BCUT2D eigenvalue weighted by Crippen LogP contribution is 2.09. The molecular weight excluding hydrogens is 354 g/mol. The van der Waals surface area contributed by atoms with Gasteiger partial charge in [0.1, 0.15) is 13.2 Å². The summed E-state index contributed by atoms with van der Waals surface area (Å²) in [4.78, 5) is 24.4. The number of benzene rings is 2. The van der Waals surface area contributed by atoms with Gasteiger partial charge in [0, 0.05) is 0 Å². The lowest BCUT2D eigenvalue weighted by Gasteiger charge is -2.28. The molecule has 2 aromatic rings. The minimum absolute atomic E-state index is 0. The van der Waals surface area contributed by atoms with Gasteiger partial charge in [0.2, 0.25) is 0 Å². The van der Waals surface area contributed by atoms with Crippen molar-refractivity contribution in [3.63, 3.8) is 0 Å². The zero-order valence-corrected chi connectivity index (χ0v) is 16.0. The quantitative estimate of drug-likeness (QED) is 0.494. The smallest absolute Gasteiger partial charge is 0.338 e. The molecule has 0 saturated heterocycles. The van der Waals surface area contributed by atoms with Gasteiger partial charge in [-0.2, -0.15) is 0 Å². The predicted octanol–water partition coefficient (Wildman–Crippen LogP) is -0.221. The van der Waals surface area contributed by atoms with Crippen LogP contribution >= 0.6 is 0 Å². The van der Waals surface area contributed by atoms with E-state index in [1.165, 1.54) is 0 Å². The molecular formula is C20H24ClNO4. The molecule has 1 atom stereocenters. The molecule has 0 radical (unpaired) electrons. The van der Waals surface area contributed by atoms with Crippen molar-refractivity contribution < 1.29 is 36.0 Å². The molecule has 26 heavy (non-hydrogen) atoms. The maximum Gasteiger partial charge on any atom is 0.338 e. The average Bonchev–Trinajstić information content (AvgIpc) is 2.59. The van der Waals surface area contributed by atoms with E-state index < -0.39 is 18.0 Å². The lowest BCUT2D eigenvalue weighted by molar-refractivity contribution is -0.873. The molecule has 0 N–H and O–H groups in total. The molecule has 2 aromatic carbocycles. The zero-order valence-electron chi connectivity index (χ0n) is 15.2. The zero-order chi connectivity index (χ0) is 18.3. The number of hydrogen-bond donors (Lipinski definition) is 0. The molecule has 140 valence electrons. The topological polar surface area (TPSA) is 52.6 Å². The van der Waals surface area contributed by atoms with Crippen LogP contribution in [-0.4, -0.2) is 56.8 Å². The number of carbonyl (C=O) groups is 2. The Kier molecular flexibility index (Phi) is 8.29. The fraction of sp³-hybridized carbons (Fsp3) is 0.300. The first-order chi connectivity index (χ1) is 11.8. The highest BCUT2D eigenvalue weighted by molar-refractivity contribution is 5.90. The Morgan fingerprint density at radius 2 is 1.31 bits per heavy atom. The lowest BCUT2D eigenvalue weighted by atomic mass is 10.2. The van der Waals surface area contributed by atoms with Gasteiger partial charge in [-0.15, -0.1) is 0 Å². The summed E-state index contributed by atoms with van der Waals surface area (Å²) >= 11 is 0. The summed E-state index contributed by atoms with van der Waals surface area (Å²) in [5.41, 5.74) is 0.948. The molecule has 0 heterocycles. The van der Waals surface area contributed by atoms with E-state index in [9.17, 15) is 9.59 Å². The SMILES string of the molecule is C[N+](C)(C)CC(COC(=O)c1ccccc1)OC(=O)c1ccccc1.[Cl-]. The van der Waals surface area contributed by atoms with Gasteiger partial charge in [0.05, 0.1) is 32.3 Å². The molecule has 1 unspecified atom stereocenters. The average molecular weight is 378 g/mol. The number of hydrogen-bond acceptors (Lipinski definition) is 4. The molecule has 5 nitrogen and oxygen atoms in total. The Morgan fingerprint density at radius 3 is 1.77 bits per heavy atom. The summed E-state index contributed by atoms with van der Waals surface area (Å²) < 4.78 is 11.5. The minimum Gasteiger partial charge on any atom is -1.00 e. The van der Waals surface area contributed by atoms with Gasteiger partial charge in [0.15, 0.2) is 6.10 Å². The third kappa shape index (κ3) is 7.25. The van der Waals surface area contributed by atoms with Crippen molar-refractivity contribution >= 4 is 11.9 Å². The van der Waals surface area contributed by atoms with Gasteiger partial charge in [-0.1, -0.05) is 36.4 Å². The number of halogens is 1. The predicted molar refractivity (Wildman–Crippen MR) is 95.3 cm³/mol. The maximum atomic E-state index is 12.3. The summed E-state index contributed by atoms with van der Waals surface area (Å²) in [5.74, 6) is -0.849. The van der Waals surface area contributed by atoms with Crippen molar-refractivity contribution in [3.05, 3.63) is 71.8 Å². The largest absolute Gasteiger partial charge is 1.00 e. The van der Waals surface area contributed by atoms with Crippen LogP contribution in [0.2, 0.25) is 0 Å². The van der Waals surface area contributed by atoms with Gasteiger partial charge in [-0.05, 0) is 24.3 Å². The van der Waals surface area contributed by atoms with Crippen LogP contribution in [0.4, 0.5) is 0 Å². The molecule has 0 bridgehead atoms. The van der Waals surface area contributed by atoms with Crippen LogP contribution in [-0.2, 0) is 9.47 Å². The molecule has 0 aliphatic rings. The summed E-state index contributed by atoms with van der Waals surface area (Å²) in [6.07, 6.45) is -0.527. The molecule has 6 heteroatoms. The minimum atomic E-state index is -0.527. The van der Waals surface area contributed by atoms with Gasteiger partial charge in [0.25, 0.3) is 0 Å². The molecule has 0 amide bonds. The highest BCUT2D eigenvalue weighted by Gasteiger charge is 2.24. The van der Waals surface area contributed by atoms with Crippen molar-refractivity contribution in [1.29, 1.82) is 0 Å². The summed E-state index contributed by atoms with van der Waals surface area (Å²) in [7, 11) is 5.97. The number of quaternary nitrogens is 1. The molecule has 0 aliphatic carbocycles. The van der Waals surface area contributed by atoms with E-state index in [0.29, 0.717) is 22.2 Å². The number of nitrogens with zero attached hydrogens (tertiary/aromatic N) is 1. The van der Waals surface area contributed by atoms with Crippen LogP contribution in [0.3, 0.4) is 0 Å². The standard InChI is InChI=1S/C20H24NO4.ClH/c1-21(2,3)14-18(25-20(23)17-12-8-5-9-13-17)15-24-19(22)16-10-6-4-7-11-16;/h4-13,18H,14-15H2,1-3H3;1H/q+1;/p-1. The fourth-order valence-electron chi connectivity index (χ4n) is 2.35. The van der Waals surface area contributed by atoms with Crippen molar-refractivity contribution in [1.82, 2.24) is 0 Å². The summed E-state index contributed by atoms with van der Waals surface area (Å²) in [5, 5.41) is 0. The van der Waals surface area contributed by atoms with Gasteiger partial charge >= 0.3 is 11.9 Å². The van der Waals surface area contributed by atoms with Crippen molar-refractivity contribution in [2.24, 2.45) is 0 Å². The van der Waals surface area contributed by atoms with Gasteiger partial charge < -0.3 is 26.4 Å². The molecule has 0 spiro atoms. The first kappa shape index (κ1) is 21.7. The molecule has 0 saturated carbocycles. The first-order valence-corrected chi connectivity index (χ1v) is 8.14. The van der Waals surface area contributed by atoms with Crippen LogP contribution in [0.5, 0.6) is 0 Å². The van der Waals surface area contributed by atoms with Crippen LogP contribution in [0.25, 0.3) is 0 Å². The van der Waals surface area contributed by atoms with E-state index in [1.807, 2.05) is 33.3 Å². The van der Waals surface area contributed by atoms with E-state index in [0.717, 1.165) is 0 Å². The maximum absolute atomic E-state index is 12.3. The number of ether oxygens (including phenoxy) is 2. The van der Waals surface area contributed by atoms with E-state index in [4.69, 9.17) is 9.47 Å².